The summed E-state index contributed by atoms with van der Waals surface area (Å²) in [6, 6.07) is 0.839. The van der Waals surface area contributed by atoms with Crippen LogP contribution in [0.1, 0.15) is 17.3 Å². The normalized spacial score (nSPS) is 12.0. The number of nitrogens with zero attached hydrogens (tertiary/aromatic N) is 1. The van der Waals surface area contributed by atoms with E-state index in [4.69, 9.17) is 5.11 Å². The number of benzene rings is 1. The minimum atomic E-state index is -1.40. The van der Waals surface area contributed by atoms with Gasteiger partial charge in [0.2, 0.25) is 0 Å². The van der Waals surface area contributed by atoms with Gasteiger partial charge in [-0.1, -0.05) is 6.92 Å². The summed E-state index contributed by atoms with van der Waals surface area (Å²) in [5.41, 5.74) is -1.37. The molecule has 0 fully saturated rings. The first-order valence-corrected chi connectivity index (χ1v) is 5.39. The average molecular weight is 274 g/mol. The lowest BCUT2D eigenvalue weighted by atomic mass is 10.1. The van der Waals surface area contributed by atoms with Crippen LogP contribution in [0, 0.1) is 27.7 Å². The quantitative estimate of drug-likeness (QED) is 0.624. The van der Waals surface area contributed by atoms with Gasteiger partial charge in [-0.15, -0.1) is 0 Å². The number of nitrogens with one attached hydrogen (secondary N) is 1. The van der Waals surface area contributed by atoms with Gasteiger partial charge in [-0.05, 0) is 12.0 Å². The fraction of sp³-hybridized carbons (Fsp3) is 0.364. The second kappa shape index (κ2) is 6.19. The second-order valence-electron chi connectivity index (χ2n) is 4.04. The molecular weight excluding hydrogens is 262 g/mol. The van der Waals surface area contributed by atoms with Gasteiger partial charge in [-0.25, -0.2) is 8.78 Å². The number of amides is 1. The maximum Gasteiger partial charge on any atom is 0.285 e. The van der Waals surface area contributed by atoms with Crippen LogP contribution in [0.5, 0.6) is 0 Å². The van der Waals surface area contributed by atoms with Crippen LogP contribution >= 0.6 is 0 Å². The Morgan fingerprint density at radius 3 is 2.58 bits per heavy atom. The first kappa shape index (κ1) is 15.0. The molecule has 19 heavy (non-hydrogen) atoms. The minimum absolute atomic E-state index is 0.0610. The Bertz CT molecular complexity index is 508. The molecule has 6 nitrogen and oxygen atoms in total. The van der Waals surface area contributed by atoms with Crippen LogP contribution < -0.4 is 5.32 Å². The number of hydrogen-bond acceptors (Lipinski definition) is 4. The minimum Gasteiger partial charge on any atom is -0.396 e. The highest BCUT2D eigenvalue weighted by Gasteiger charge is 2.23. The van der Waals surface area contributed by atoms with Gasteiger partial charge < -0.3 is 10.4 Å². The SMILES string of the molecule is CC(CO)CNC(=O)c1cc(F)c(F)cc1[N+](=O)[O-]. The predicted octanol–water partition coefficient (Wildman–Crippen LogP) is 1.23. The summed E-state index contributed by atoms with van der Waals surface area (Å²) in [6.07, 6.45) is 0. The van der Waals surface area contributed by atoms with Gasteiger partial charge in [0.05, 0.1) is 11.0 Å². The van der Waals surface area contributed by atoms with Gasteiger partial charge in [0, 0.05) is 13.2 Å². The Hall–Kier alpha value is -2.09. The first-order valence-electron chi connectivity index (χ1n) is 5.39. The first-order chi connectivity index (χ1) is 8.86. The highest BCUT2D eigenvalue weighted by Crippen LogP contribution is 2.22. The highest BCUT2D eigenvalue weighted by atomic mass is 19.2. The Balaban J connectivity index is 3.01. The summed E-state index contributed by atoms with van der Waals surface area (Å²) in [6.45, 7) is 1.52. The van der Waals surface area contributed by atoms with E-state index in [2.05, 4.69) is 5.32 Å². The van der Waals surface area contributed by atoms with Crippen molar-refractivity contribution in [2.45, 2.75) is 6.92 Å². The van der Waals surface area contributed by atoms with Crippen LogP contribution in [0.4, 0.5) is 14.5 Å². The van der Waals surface area contributed by atoms with Gasteiger partial charge in [0.15, 0.2) is 11.6 Å². The molecule has 1 unspecified atom stereocenters. The van der Waals surface area contributed by atoms with Crippen molar-refractivity contribution in [1.82, 2.24) is 5.32 Å². The molecule has 8 heteroatoms. The fourth-order valence-electron chi connectivity index (χ4n) is 1.30. The van der Waals surface area contributed by atoms with E-state index in [1.54, 1.807) is 6.92 Å². The van der Waals surface area contributed by atoms with E-state index in [-0.39, 0.29) is 19.1 Å². The van der Waals surface area contributed by atoms with Gasteiger partial charge in [0.25, 0.3) is 11.6 Å². The molecule has 0 bridgehead atoms. The molecule has 1 amide bonds. The predicted molar refractivity (Wildman–Crippen MR) is 61.6 cm³/mol. The van der Waals surface area contributed by atoms with Crippen LogP contribution in [-0.2, 0) is 0 Å². The Labute approximate surface area is 107 Å². The Morgan fingerprint density at radius 2 is 2.05 bits per heavy atom. The van der Waals surface area contributed by atoms with Gasteiger partial charge in [-0.2, -0.15) is 0 Å². The third kappa shape index (κ3) is 3.68. The molecule has 0 radical (unpaired) electrons. The Kier molecular flexibility index (Phi) is 4.87. The second-order valence-corrected chi connectivity index (χ2v) is 4.04. The molecule has 0 aliphatic heterocycles. The summed E-state index contributed by atoms with van der Waals surface area (Å²) in [7, 11) is 0. The molecule has 0 saturated carbocycles. The number of carbonyl (C=O) groups is 1. The maximum absolute atomic E-state index is 13.0. The molecule has 1 rings (SSSR count). The molecule has 104 valence electrons. The molecule has 0 aromatic heterocycles. The standard InChI is InChI=1S/C11H12F2N2O4/c1-6(5-16)4-14-11(17)7-2-8(12)9(13)3-10(7)15(18)19/h2-3,6,16H,4-5H2,1H3,(H,14,17). The number of carbonyl (C=O) groups excluding carboxylic acids is 1. The smallest absolute Gasteiger partial charge is 0.285 e. The number of rotatable bonds is 5. The molecule has 1 aromatic carbocycles. The van der Waals surface area contributed by atoms with Crippen molar-refractivity contribution in [3.63, 3.8) is 0 Å². The third-order valence-corrected chi connectivity index (χ3v) is 2.40. The molecule has 2 N–H and O–H groups in total. The number of hydrogen-bond donors (Lipinski definition) is 2. The monoisotopic (exact) mass is 274 g/mol. The van der Waals surface area contributed by atoms with Crippen LogP contribution in [0.25, 0.3) is 0 Å². The van der Waals surface area contributed by atoms with Crippen molar-refractivity contribution in [1.29, 1.82) is 0 Å². The van der Waals surface area contributed by atoms with Crippen LogP contribution in [0.3, 0.4) is 0 Å². The van der Waals surface area contributed by atoms with E-state index in [1.165, 1.54) is 0 Å². The number of nitro groups is 1. The molecule has 0 aliphatic rings. The zero-order valence-electron chi connectivity index (χ0n) is 10.0. The molecular formula is C11H12F2N2O4. The molecule has 0 spiro atoms. The van der Waals surface area contributed by atoms with Crippen molar-refractivity contribution in [3.05, 3.63) is 39.4 Å². The zero-order chi connectivity index (χ0) is 14.6. The van der Waals surface area contributed by atoms with E-state index in [0.717, 1.165) is 0 Å². The van der Waals surface area contributed by atoms with Crippen molar-refractivity contribution in [2.24, 2.45) is 5.92 Å². The maximum atomic E-state index is 13.0. The Morgan fingerprint density at radius 1 is 1.47 bits per heavy atom. The molecule has 1 atom stereocenters. The van der Waals surface area contributed by atoms with Crippen molar-refractivity contribution < 1.29 is 23.6 Å². The van der Waals surface area contributed by atoms with Crippen LogP contribution in [0.2, 0.25) is 0 Å². The number of nitro benzene ring substituents is 1. The van der Waals surface area contributed by atoms with E-state index in [1.807, 2.05) is 0 Å². The van der Waals surface area contributed by atoms with Gasteiger partial charge in [0.1, 0.15) is 5.56 Å². The van der Waals surface area contributed by atoms with Crippen LogP contribution in [-0.4, -0.2) is 29.1 Å². The largest absolute Gasteiger partial charge is 0.396 e. The van der Waals surface area contributed by atoms with E-state index in [0.29, 0.717) is 12.1 Å². The summed E-state index contributed by atoms with van der Waals surface area (Å²) < 4.78 is 25.9. The lowest BCUT2D eigenvalue weighted by Crippen LogP contribution is -2.30. The summed E-state index contributed by atoms with van der Waals surface area (Å²) in [5.74, 6) is -3.89. The summed E-state index contributed by atoms with van der Waals surface area (Å²) >= 11 is 0. The zero-order valence-corrected chi connectivity index (χ0v) is 10.0. The topological polar surface area (TPSA) is 92.5 Å². The summed E-state index contributed by atoms with van der Waals surface area (Å²) in [4.78, 5) is 21.4. The van der Waals surface area contributed by atoms with Gasteiger partial charge in [-0.3, -0.25) is 14.9 Å². The van der Waals surface area contributed by atoms with Gasteiger partial charge >= 0.3 is 0 Å². The van der Waals surface area contributed by atoms with Crippen molar-refractivity contribution in [2.75, 3.05) is 13.2 Å². The number of aliphatic hydroxyl groups excluding tert-OH is 1. The van der Waals surface area contributed by atoms with E-state index >= 15 is 0 Å². The molecule has 0 aliphatic carbocycles. The third-order valence-electron chi connectivity index (χ3n) is 2.40. The van der Waals surface area contributed by atoms with Crippen LogP contribution in [0.15, 0.2) is 12.1 Å². The highest BCUT2D eigenvalue weighted by molar-refractivity contribution is 5.98. The fourth-order valence-corrected chi connectivity index (χ4v) is 1.30. The summed E-state index contributed by atoms with van der Waals surface area (Å²) in [5, 5.41) is 21.8. The average Bonchev–Trinajstić information content (AvgIpc) is 2.37. The molecule has 0 saturated heterocycles. The van der Waals surface area contributed by atoms with Crippen molar-refractivity contribution in [3.8, 4) is 0 Å². The lowest BCUT2D eigenvalue weighted by molar-refractivity contribution is -0.385. The van der Waals surface area contributed by atoms with Crippen molar-refractivity contribution >= 4 is 11.6 Å². The number of halogens is 2. The van der Waals surface area contributed by atoms with E-state index < -0.39 is 33.7 Å². The van der Waals surface area contributed by atoms with E-state index in [9.17, 15) is 23.7 Å². The lowest BCUT2D eigenvalue weighted by Gasteiger charge is -2.10. The number of aliphatic hydroxyl groups is 1. The molecule has 0 heterocycles. The molecule has 1 aromatic rings.